The average Bonchev–Trinajstić information content (AvgIpc) is 3.05. The Morgan fingerprint density at radius 2 is 2.00 bits per heavy atom. The third-order valence-corrected chi connectivity index (χ3v) is 4.63. The monoisotopic (exact) mass is 323 g/mol. The number of anilines is 1. The van der Waals surface area contributed by atoms with Crippen molar-refractivity contribution in [3.05, 3.63) is 58.8 Å². The molecule has 124 valence electrons. The largest absolute Gasteiger partial charge is 0.389 e. The summed E-state index contributed by atoms with van der Waals surface area (Å²) in [5.74, 6) is 0.971. The molecule has 24 heavy (non-hydrogen) atoms. The Hall–Kier alpha value is -2.24. The van der Waals surface area contributed by atoms with E-state index in [1.807, 2.05) is 18.3 Å². The fourth-order valence-electron chi connectivity index (χ4n) is 3.24. The molecular weight excluding hydrogens is 302 g/mol. The summed E-state index contributed by atoms with van der Waals surface area (Å²) in [6.07, 6.45) is 1.37. The number of pyridine rings is 1. The summed E-state index contributed by atoms with van der Waals surface area (Å²) in [6.45, 7) is 5.70. The number of ether oxygens (including phenoxy) is 1. The summed E-state index contributed by atoms with van der Waals surface area (Å²) < 4.78 is 5.42. The van der Waals surface area contributed by atoms with Gasteiger partial charge in [0.05, 0.1) is 31.6 Å². The van der Waals surface area contributed by atoms with Crippen LogP contribution in [0.1, 0.15) is 35.3 Å². The van der Waals surface area contributed by atoms with Crippen LogP contribution in [0.2, 0.25) is 0 Å². The highest BCUT2D eigenvalue weighted by molar-refractivity contribution is 6.15. The van der Waals surface area contributed by atoms with Crippen LogP contribution in [0.4, 0.5) is 5.82 Å². The highest BCUT2D eigenvalue weighted by atomic mass is 16.5. The van der Waals surface area contributed by atoms with Gasteiger partial charge in [0.15, 0.2) is 0 Å². The van der Waals surface area contributed by atoms with Crippen molar-refractivity contribution in [1.29, 1.82) is 0 Å². The molecule has 3 heterocycles. The van der Waals surface area contributed by atoms with E-state index in [1.54, 1.807) is 6.92 Å². The van der Waals surface area contributed by atoms with Gasteiger partial charge >= 0.3 is 0 Å². The number of aliphatic hydroxyl groups excluding tert-OH is 1. The highest BCUT2D eigenvalue weighted by Gasteiger charge is 2.20. The molecule has 0 radical (unpaired) electrons. The van der Waals surface area contributed by atoms with Gasteiger partial charge in [-0.2, -0.15) is 0 Å². The van der Waals surface area contributed by atoms with Crippen molar-refractivity contribution in [2.45, 2.75) is 19.6 Å². The Kier molecular flexibility index (Phi) is 4.04. The lowest BCUT2D eigenvalue weighted by Gasteiger charge is -2.28. The first-order chi connectivity index (χ1) is 11.7. The molecule has 0 amide bonds. The van der Waals surface area contributed by atoms with E-state index in [9.17, 15) is 5.11 Å². The van der Waals surface area contributed by atoms with Crippen LogP contribution in [0, 0.1) is 0 Å². The Morgan fingerprint density at radius 3 is 2.79 bits per heavy atom. The van der Waals surface area contributed by atoms with E-state index < -0.39 is 6.10 Å². The Bertz CT molecular complexity index is 780. The van der Waals surface area contributed by atoms with Crippen LogP contribution < -0.4 is 4.90 Å². The van der Waals surface area contributed by atoms with Crippen LogP contribution >= 0.6 is 0 Å². The molecule has 4 rings (SSSR count). The van der Waals surface area contributed by atoms with E-state index in [0.717, 1.165) is 54.5 Å². The molecule has 2 aliphatic rings. The van der Waals surface area contributed by atoms with E-state index in [-0.39, 0.29) is 0 Å². The van der Waals surface area contributed by atoms with E-state index in [0.29, 0.717) is 6.54 Å². The summed E-state index contributed by atoms with van der Waals surface area (Å²) in [7, 11) is 0. The number of aliphatic imine (C=N–C) groups is 1. The van der Waals surface area contributed by atoms with Gasteiger partial charge < -0.3 is 14.7 Å². The van der Waals surface area contributed by atoms with Gasteiger partial charge in [0.1, 0.15) is 5.82 Å². The molecule has 1 aromatic heterocycles. The van der Waals surface area contributed by atoms with E-state index >= 15 is 0 Å². The van der Waals surface area contributed by atoms with Gasteiger partial charge in [0.2, 0.25) is 0 Å². The number of aromatic nitrogens is 1. The van der Waals surface area contributed by atoms with Gasteiger partial charge in [-0.05, 0) is 36.2 Å². The number of hydrogen-bond donors (Lipinski definition) is 1. The molecule has 5 nitrogen and oxygen atoms in total. The van der Waals surface area contributed by atoms with Crippen molar-refractivity contribution in [1.82, 2.24) is 4.98 Å². The molecule has 2 aliphatic heterocycles. The molecule has 1 atom stereocenters. The zero-order valence-corrected chi connectivity index (χ0v) is 13.8. The molecule has 1 aromatic carbocycles. The maximum absolute atomic E-state index is 9.86. The second-order valence-corrected chi connectivity index (χ2v) is 6.26. The number of benzene rings is 1. The zero-order valence-electron chi connectivity index (χ0n) is 13.8. The second kappa shape index (κ2) is 6.34. The number of rotatable bonds is 3. The Balaban J connectivity index is 1.67. The van der Waals surface area contributed by atoms with Crippen molar-refractivity contribution < 1.29 is 9.84 Å². The molecule has 1 unspecified atom stereocenters. The minimum atomic E-state index is -0.474. The number of morpholine rings is 1. The van der Waals surface area contributed by atoms with Crippen molar-refractivity contribution in [2.24, 2.45) is 4.99 Å². The molecule has 1 N–H and O–H groups in total. The first-order valence-corrected chi connectivity index (χ1v) is 8.37. The molecule has 0 saturated carbocycles. The fourth-order valence-corrected chi connectivity index (χ4v) is 3.24. The van der Waals surface area contributed by atoms with Gasteiger partial charge in [-0.15, -0.1) is 0 Å². The second-order valence-electron chi connectivity index (χ2n) is 6.26. The van der Waals surface area contributed by atoms with Crippen molar-refractivity contribution >= 4 is 11.5 Å². The molecule has 0 aliphatic carbocycles. The molecule has 0 spiro atoms. The van der Waals surface area contributed by atoms with Crippen LogP contribution in [0.25, 0.3) is 0 Å². The van der Waals surface area contributed by atoms with E-state index in [2.05, 4.69) is 28.1 Å². The number of nitrogens with zero attached hydrogens (tertiary/aromatic N) is 3. The minimum Gasteiger partial charge on any atom is -0.389 e. The summed E-state index contributed by atoms with van der Waals surface area (Å²) in [4.78, 5) is 11.5. The van der Waals surface area contributed by atoms with Crippen molar-refractivity contribution in [3.63, 3.8) is 0 Å². The maximum Gasteiger partial charge on any atom is 0.129 e. The van der Waals surface area contributed by atoms with Crippen LogP contribution in [0.15, 0.2) is 41.5 Å². The smallest absolute Gasteiger partial charge is 0.129 e. The minimum absolute atomic E-state index is 0.474. The van der Waals surface area contributed by atoms with Gasteiger partial charge in [-0.25, -0.2) is 4.98 Å². The van der Waals surface area contributed by atoms with Gasteiger partial charge in [-0.1, -0.05) is 12.1 Å². The lowest BCUT2D eigenvalue weighted by atomic mass is 9.97. The zero-order chi connectivity index (χ0) is 16.5. The normalized spacial score (nSPS) is 18.2. The number of aliphatic hydroxyl groups is 1. The highest BCUT2D eigenvalue weighted by Crippen LogP contribution is 2.27. The lowest BCUT2D eigenvalue weighted by Crippen LogP contribution is -2.36. The van der Waals surface area contributed by atoms with Gasteiger partial charge in [0.25, 0.3) is 0 Å². The topological polar surface area (TPSA) is 58.0 Å². The maximum atomic E-state index is 9.86. The summed E-state index contributed by atoms with van der Waals surface area (Å²) in [5.41, 5.74) is 5.31. The summed E-state index contributed by atoms with van der Waals surface area (Å²) in [6, 6.07) is 10.2. The first-order valence-electron chi connectivity index (χ1n) is 8.37. The van der Waals surface area contributed by atoms with E-state index in [4.69, 9.17) is 9.73 Å². The number of hydrogen-bond acceptors (Lipinski definition) is 5. The van der Waals surface area contributed by atoms with Crippen LogP contribution in [0.5, 0.6) is 0 Å². The Labute approximate surface area is 141 Å². The molecule has 0 bridgehead atoms. The van der Waals surface area contributed by atoms with Crippen LogP contribution in [0.3, 0.4) is 0 Å². The third kappa shape index (κ3) is 2.81. The molecule has 1 saturated heterocycles. The molecule has 5 heteroatoms. The van der Waals surface area contributed by atoms with Crippen LogP contribution in [-0.2, 0) is 11.3 Å². The van der Waals surface area contributed by atoms with E-state index in [1.165, 1.54) is 5.56 Å². The molecular formula is C19H21N3O2. The molecule has 2 aromatic rings. The average molecular weight is 323 g/mol. The predicted molar refractivity (Wildman–Crippen MR) is 93.7 cm³/mol. The quantitative estimate of drug-likeness (QED) is 0.942. The number of fused-ring (bicyclic) bond motifs is 1. The Morgan fingerprint density at radius 1 is 1.17 bits per heavy atom. The summed E-state index contributed by atoms with van der Waals surface area (Å²) >= 11 is 0. The molecule has 1 fully saturated rings. The third-order valence-electron chi connectivity index (χ3n) is 4.63. The van der Waals surface area contributed by atoms with Crippen molar-refractivity contribution in [3.8, 4) is 0 Å². The lowest BCUT2D eigenvalue weighted by molar-refractivity contribution is 0.122. The van der Waals surface area contributed by atoms with Gasteiger partial charge in [0, 0.05) is 30.4 Å². The SMILES string of the molecule is CC(O)c1ccc2c(c1)C(c1ccnc(N3CCOCC3)c1)=NC2. The standard InChI is InChI=1S/C19H21N3O2/c1-13(23)14-2-3-16-12-21-19(17(16)10-14)15-4-5-20-18(11-15)22-6-8-24-9-7-22/h2-5,10-11,13,23H,6-9,12H2,1H3. The van der Waals surface area contributed by atoms with Gasteiger partial charge in [-0.3, -0.25) is 4.99 Å². The van der Waals surface area contributed by atoms with Crippen LogP contribution in [-0.4, -0.2) is 42.1 Å². The first kappa shape index (κ1) is 15.3. The fraction of sp³-hybridized carbons (Fsp3) is 0.368. The predicted octanol–water partition coefficient (Wildman–Crippen LogP) is 2.32. The van der Waals surface area contributed by atoms with Crippen molar-refractivity contribution in [2.75, 3.05) is 31.2 Å². The summed E-state index contributed by atoms with van der Waals surface area (Å²) in [5, 5.41) is 9.86.